The second-order valence-electron chi connectivity index (χ2n) is 17.6. The van der Waals surface area contributed by atoms with Crippen LogP contribution in [-0.4, -0.2) is 84.3 Å². The summed E-state index contributed by atoms with van der Waals surface area (Å²) < 4.78 is 42.0. The lowest BCUT2D eigenvalue weighted by Gasteiger charge is -2.46. The number of ether oxygens (including phenoxy) is 2. The van der Waals surface area contributed by atoms with E-state index in [-0.39, 0.29) is 29.2 Å². The lowest BCUT2D eigenvalue weighted by atomic mass is 9.75. The van der Waals surface area contributed by atoms with Crippen molar-refractivity contribution in [2.24, 2.45) is 5.92 Å². The van der Waals surface area contributed by atoms with Gasteiger partial charge in [-0.3, -0.25) is 9.59 Å². The van der Waals surface area contributed by atoms with E-state index < -0.39 is 27.4 Å². The number of sulfonamides is 1. The summed E-state index contributed by atoms with van der Waals surface area (Å²) in [7, 11) is -2.10. The molecule has 8 rings (SSSR count). The quantitative estimate of drug-likeness (QED) is 0.315. The van der Waals surface area contributed by atoms with Gasteiger partial charge in [0.05, 0.1) is 29.9 Å². The van der Waals surface area contributed by atoms with E-state index in [4.69, 9.17) is 9.47 Å². The molecule has 2 atom stereocenters. The number of amides is 3. The number of allylic oxidation sites excluding steroid dienone is 4. The normalized spacial score (nSPS) is 23.7. The molecule has 1 spiro atoms. The number of likely N-dealkylation sites (tertiary alicyclic amines) is 2. The van der Waals surface area contributed by atoms with E-state index in [1.807, 2.05) is 36.6 Å². The molecule has 296 valence electrons. The van der Waals surface area contributed by atoms with Gasteiger partial charge in [-0.1, -0.05) is 44.4 Å². The van der Waals surface area contributed by atoms with Crippen molar-refractivity contribution in [3.8, 4) is 5.75 Å². The fourth-order valence-electron chi connectivity index (χ4n) is 10.5. The predicted molar refractivity (Wildman–Crippen MR) is 211 cm³/mol. The van der Waals surface area contributed by atoms with Gasteiger partial charge in [-0.2, -0.15) is 0 Å². The highest BCUT2D eigenvalue weighted by atomic mass is 32.2. The molecule has 3 amide bonds. The highest BCUT2D eigenvalue weighted by molar-refractivity contribution is 7.90. The molecule has 2 aromatic rings. The zero-order chi connectivity index (χ0) is 38.9. The van der Waals surface area contributed by atoms with E-state index in [1.54, 1.807) is 14.0 Å². The van der Waals surface area contributed by atoms with Crippen LogP contribution in [0.15, 0.2) is 52.6 Å². The second kappa shape index (κ2) is 14.2. The van der Waals surface area contributed by atoms with E-state index in [2.05, 4.69) is 33.6 Å². The number of aromatic nitrogens is 1. The Hall–Kier alpha value is -4.06. The van der Waals surface area contributed by atoms with Crippen LogP contribution in [0.3, 0.4) is 0 Å². The molecule has 1 unspecified atom stereocenters. The zero-order valence-corrected chi connectivity index (χ0v) is 33.9. The van der Waals surface area contributed by atoms with Crippen molar-refractivity contribution in [3.63, 3.8) is 0 Å². The van der Waals surface area contributed by atoms with Crippen LogP contribution in [0.4, 0.5) is 4.79 Å². The third kappa shape index (κ3) is 6.80. The molecule has 55 heavy (non-hydrogen) atoms. The van der Waals surface area contributed by atoms with Gasteiger partial charge in [0.2, 0.25) is 15.9 Å². The van der Waals surface area contributed by atoms with Gasteiger partial charge >= 0.3 is 6.09 Å². The maximum atomic E-state index is 14.9. The van der Waals surface area contributed by atoms with Crippen molar-refractivity contribution in [2.45, 2.75) is 128 Å². The van der Waals surface area contributed by atoms with Crippen molar-refractivity contribution in [3.05, 3.63) is 63.9 Å². The first-order valence-electron chi connectivity index (χ1n) is 20.4. The van der Waals surface area contributed by atoms with Crippen LogP contribution in [-0.2, 0) is 30.9 Å². The third-order valence-corrected chi connectivity index (χ3v) is 14.4. The van der Waals surface area contributed by atoms with E-state index in [0.29, 0.717) is 63.4 Å². The smallest absolute Gasteiger partial charge is 0.410 e. The summed E-state index contributed by atoms with van der Waals surface area (Å²) in [5.41, 5.74) is 5.44. The maximum absolute atomic E-state index is 14.9. The summed E-state index contributed by atoms with van der Waals surface area (Å²) in [5.74, 6) is -0.255. The molecule has 1 aromatic heterocycles. The van der Waals surface area contributed by atoms with E-state index >= 15 is 0 Å². The Balaban J connectivity index is 1.17. The van der Waals surface area contributed by atoms with Gasteiger partial charge in [0.15, 0.2) is 0 Å². The molecule has 6 aliphatic rings. The summed E-state index contributed by atoms with van der Waals surface area (Å²) in [6, 6.07) is 6.48. The Bertz CT molecular complexity index is 2120. The van der Waals surface area contributed by atoms with Crippen LogP contribution in [0, 0.1) is 5.92 Å². The molecule has 0 radical (unpaired) electrons. The number of fused-ring (bicyclic) bond motifs is 6. The summed E-state index contributed by atoms with van der Waals surface area (Å²) in [4.78, 5) is 45.9. The lowest BCUT2D eigenvalue weighted by molar-refractivity contribution is -0.138. The minimum Gasteiger partial charge on any atom is -0.496 e. The number of methoxy groups -OCH3 is 1. The van der Waals surface area contributed by atoms with Gasteiger partial charge in [0.25, 0.3) is 5.91 Å². The number of nitrogens with one attached hydrogen (secondary N) is 1. The standard InChI is InChI=1S/C43H56N4O7S/c1-6-24-55(51,52)44-39(48)37-32-26-46-33(25-31-34(53-5)17-16-28(38(31)46)27-12-8-7-9-13-27)35-29(36(32)37)14-10-15-30(35)40(49)45-22-19-43(20-23-45)18-11-21-47(43)41(50)54-42(2,3)4/h10,14,16-17,25,27,30,35H,6-9,11-13,15,18-24,26H2,1-5H3,(H,44,48)/t30-,35?/m1/s1. The van der Waals surface area contributed by atoms with Gasteiger partial charge in [-0.05, 0) is 112 Å². The zero-order valence-electron chi connectivity index (χ0n) is 33.0. The summed E-state index contributed by atoms with van der Waals surface area (Å²) in [6.45, 7) is 9.62. The highest BCUT2D eigenvalue weighted by Gasteiger charge is 2.51. The summed E-state index contributed by atoms with van der Waals surface area (Å²) in [5, 5.41) is 1.00. The number of piperidine rings is 1. The average Bonchev–Trinajstić information content (AvgIpc) is 3.58. The molecule has 3 fully saturated rings. The summed E-state index contributed by atoms with van der Waals surface area (Å²) >= 11 is 0. The molecular formula is C43H56N4O7S. The van der Waals surface area contributed by atoms with E-state index in [0.717, 1.165) is 64.7 Å². The van der Waals surface area contributed by atoms with E-state index in [9.17, 15) is 22.8 Å². The van der Waals surface area contributed by atoms with Crippen LogP contribution in [0.5, 0.6) is 5.75 Å². The van der Waals surface area contributed by atoms with Crippen LogP contribution in [0.1, 0.15) is 121 Å². The molecule has 3 aliphatic heterocycles. The van der Waals surface area contributed by atoms with Gasteiger partial charge in [0.1, 0.15) is 11.4 Å². The van der Waals surface area contributed by atoms with Crippen molar-refractivity contribution in [2.75, 3.05) is 32.5 Å². The highest BCUT2D eigenvalue weighted by Crippen LogP contribution is 2.55. The van der Waals surface area contributed by atoms with Gasteiger partial charge in [0, 0.05) is 48.7 Å². The number of nitrogens with zero attached hydrogens (tertiary/aromatic N) is 3. The number of benzene rings is 1. The predicted octanol–water partition coefficient (Wildman–Crippen LogP) is 7.23. The van der Waals surface area contributed by atoms with E-state index in [1.165, 1.54) is 24.8 Å². The number of hydrogen-bond donors (Lipinski definition) is 1. The van der Waals surface area contributed by atoms with Gasteiger partial charge < -0.3 is 23.8 Å². The van der Waals surface area contributed by atoms with Crippen LogP contribution >= 0.6 is 0 Å². The Morgan fingerprint density at radius 1 is 1.00 bits per heavy atom. The number of hydrogen-bond acceptors (Lipinski definition) is 7. The fourth-order valence-corrected chi connectivity index (χ4v) is 11.5. The maximum Gasteiger partial charge on any atom is 0.410 e. The van der Waals surface area contributed by atoms with Crippen LogP contribution in [0.2, 0.25) is 0 Å². The lowest BCUT2D eigenvalue weighted by Crippen LogP contribution is -2.56. The Kier molecular flexibility index (Phi) is 9.74. The number of carbonyl (C=O) groups is 3. The van der Waals surface area contributed by atoms with Gasteiger partial charge in [-0.15, -0.1) is 0 Å². The first kappa shape index (κ1) is 37.8. The van der Waals surface area contributed by atoms with Crippen LogP contribution < -0.4 is 9.46 Å². The average molecular weight is 773 g/mol. The molecular weight excluding hydrogens is 717 g/mol. The topological polar surface area (TPSA) is 127 Å². The molecule has 11 nitrogen and oxygen atoms in total. The van der Waals surface area contributed by atoms with Crippen LogP contribution in [0.25, 0.3) is 10.9 Å². The number of carbonyl (C=O) groups excluding carboxylic acids is 3. The second-order valence-corrected chi connectivity index (χ2v) is 19.4. The molecule has 4 heterocycles. The Morgan fingerprint density at radius 3 is 2.44 bits per heavy atom. The fraction of sp³-hybridized carbons (Fsp3) is 0.605. The minimum atomic E-state index is -3.79. The van der Waals surface area contributed by atoms with Crippen molar-refractivity contribution in [1.29, 1.82) is 0 Å². The molecule has 1 aromatic carbocycles. The molecule has 0 bridgehead atoms. The Morgan fingerprint density at radius 2 is 1.75 bits per heavy atom. The van der Waals surface area contributed by atoms with Crippen molar-refractivity contribution >= 4 is 38.8 Å². The first-order valence-corrected chi connectivity index (χ1v) is 22.1. The van der Waals surface area contributed by atoms with Gasteiger partial charge in [-0.25, -0.2) is 17.9 Å². The first-order chi connectivity index (χ1) is 26.3. The molecule has 1 N–H and O–H groups in total. The SMILES string of the molecule is CCCS(=O)(=O)NC(=O)C1=C2Cn3c(cc4c(OC)ccc(C5CCCCC5)c43)C3C(=C21)C=CC[C@H]3C(=O)N1CCC2(CCCN2C(=O)OC(C)(C)C)CC1. The monoisotopic (exact) mass is 772 g/mol. The summed E-state index contributed by atoms with van der Waals surface area (Å²) in [6.07, 6.45) is 13.8. The van der Waals surface area contributed by atoms with Crippen molar-refractivity contribution in [1.82, 2.24) is 19.1 Å². The number of rotatable bonds is 7. The minimum absolute atomic E-state index is 0.0704. The third-order valence-electron chi connectivity index (χ3n) is 13.0. The molecule has 3 aliphatic carbocycles. The Labute approximate surface area is 325 Å². The molecule has 1 saturated carbocycles. The van der Waals surface area contributed by atoms with Crippen molar-refractivity contribution < 1.29 is 32.3 Å². The largest absolute Gasteiger partial charge is 0.496 e. The molecule has 12 heteroatoms. The molecule has 2 saturated heterocycles.